The molecule has 0 amide bonds. The summed E-state index contributed by atoms with van der Waals surface area (Å²) in [6.07, 6.45) is 1.67. The second-order valence-electron chi connectivity index (χ2n) is 9.05. The molecule has 6 rings (SSSR count). The van der Waals surface area contributed by atoms with Crippen molar-refractivity contribution in [3.63, 3.8) is 0 Å². The molecule has 0 unspecified atom stereocenters. The van der Waals surface area contributed by atoms with Gasteiger partial charge in [-0.3, -0.25) is 14.2 Å². The van der Waals surface area contributed by atoms with E-state index in [2.05, 4.69) is 0 Å². The fourth-order valence-corrected chi connectivity index (χ4v) is 6.41. The van der Waals surface area contributed by atoms with Crippen molar-refractivity contribution in [2.45, 2.75) is 32.2 Å². The Balaban J connectivity index is 1.37. The summed E-state index contributed by atoms with van der Waals surface area (Å²) in [5.74, 6) is 1.40. The van der Waals surface area contributed by atoms with Gasteiger partial charge in [0.25, 0.3) is 5.56 Å². The second kappa shape index (κ2) is 8.90. The molecule has 0 N–H and O–H groups in total. The van der Waals surface area contributed by atoms with Gasteiger partial charge in [0.05, 0.1) is 15.6 Å². The first-order valence-electron chi connectivity index (χ1n) is 11.5. The zero-order valence-corrected chi connectivity index (χ0v) is 22.1. The molecule has 2 aromatic carbocycles. The van der Waals surface area contributed by atoms with Gasteiger partial charge in [-0.2, -0.15) is 0 Å². The lowest BCUT2D eigenvalue weighted by Crippen LogP contribution is -2.58. The van der Waals surface area contributed by atoms with Crippen LogP contribution < -0.4 is 24.4 Å². The van der Waals surface area contributed by atoms with Crippen molar-refractivity contribution in [2.24, 2.45) is 10.9 Å². The Hall–Kier alpha value is -3.33. The molecular weight excluding hydrogens is 535 g/mol. The predicted molar refractivity (Wildman–Crippen MR) is 140 cm³/mol. The molecular formula is C27H20Cl2N2O5S. The van der Waals surface area contributed by atoms with Crippen LogP contribution in [0.25, 0.3) is 6.08 Å². The molecule has 0 saturated heterocycles. The SMILES string of the molecule is CC(=O)[C@H]1[C@H]2c3ccccc3O[C@@]1(C)N=c1s/c(=C/c3ccc(COc4cccc(Cl)c4Cl)o3)c(=O)n12. The van der Waals surface area contributed by atoms with Crippen LogP contribution in [0.2, 0.25) is 10.0 Å². The van der Waals surface area contributed by atoms with Gasteiger partial charge in [0.15, 0.2) is 4.80 Å². The molecule has 0 radical (unpaired) electrons. The highest BCUT2D eigenvalue weighted by atomic mass is 35.5. The molecule has 2 aliphatic rings. The van der Waals surface area contributed by atoms with Crippen molar-refractivity contribution in [2.75, 3.05) is 0 Å². The summed E-state index contributed by atoms with van der Waals surface area (Å²) in [6.45, 7) is 3.45. The third-order valence-electron chi connectivity index (χ3n) is 6.56. The fraction of sp³-hybridized carbons (Fsp3) is 0.222. The number of nitrogens with zero attached hydrogens (tertiary/aromatic N) is 2. The summed E-state index contributed by atoms with van der Waals surface area (Å²) < 4.78 is 19.9. The van der Waals surface area contributed by atoms with Gasteiger partial charge in [0.2, 0.25) is 5.72 Å². The maximum Gasteiger partial charge on any atom is 0.271 e. The second-order valence-corrected chi connectivity index (χ2v) is 10.8. The first-order valence-corrected chi connectivity index (χ1v) is 13.1. The van der Waals surface area contributed by atoms with Crippen molar-refractivity contribution in [1.82, 2.24) is 4.57 Å². The maximum atomic E-state index is 13.6. The summed E-state index contributed by atoms with van der Waals surface area (Å²) in [5, 5.41) is 0.732. The molecule has 0 aliphatic carbocycles. The molecule has 7 nitrogen and oxygen atoms in total. The van der Waals surface area contributed by atoms with Crippen LogP contribution in [-0.4, -0.2) is 16.1 Å². The average molecular weight is 555 g/mol. The van der Waals surface area contributed by atoms with Gasteiger partial charge >= 0.3 is 0 Å². The van der Waals surface area contributed by atoms with Crippen LogP contribution in [0.15, 0.2) is 68.8 Å². The topological polar surface area (TPSA) is 83.0 Å². The van der Waals surface area contributed by atoms with E-state index in [1.165, 1.54) is 18.3 Å². The number of halogens is 2. The molecule has 0 spiro atoms. The Morgan fingerprint density at radius 1 is 1.19 bits per heavy atom. The monoisotopic (exact) mass is 554 g/mol. The molecule has 2 aromatic heterocycles. The third-order valence-corrected chi connectivity index (χ3v) is 8.34. The highest BCUT2D eigenvalue weighted by Crippen LogP contribution is 2.47. The number of hydrogen-bond donors (Lipinski definition) is 0. The Morgan fingerprint density at radius 2 is 2.00 bits per heavy atom. The number of furan rings is 1. The highest BCUT2D eigenvalue weighted by Gasteiger charge is 2.53. The van der Waals surface area contributed by atoms with Gasteiger partial charge in [0.1, 0.15) is 46.4 Å². The number of thiazole rings is 1. The molecule has 0 saturated carbocycles. The minimum atomic E-state index is -1.10. The number of ketones is 1. The van der Waals surface area contributed by atoms with Gasteiger partial charge in [0, 0.05) is 11.6 Å². The summed E-state index contributed by atoms with van der Waals surface area (Å²) in [5.41, 5.74) is -0.547. The van der Waals surface area contributed by atoms with Gasteiger partial charge in [-0.25, -0.2) is 4.99 Å². The molecule has 3 atom stereocenters. The number of carbonyl (C=O) groups excluding carboxylic acids is 1. The summed E-state index contributed by atoms with van der Waals surface area (Å²) in [7, 11) is 0. The highest BCUT2D eigenvalue weighted by molar-refractivity contribution is 7.07. The number of ether oxygens (including phenoxy) is 2. The number of benzene rings is 2. The molecule has 10 heteroatoms. The van der Waals surface area contributed by atoms with Crippen LogP contribution >= 0.6 is 34.5 Å². The Labute approximate surface area is 225 Å². The van der Waals surface area contributed by atoms with Crippen LogP contribution in [-0.2, 0) is 11.4 Å². The molecule has 2 bridgehead atoms. The van der Waals surface area contributed by atoms with Crippen LogP contribution in [0, 0.1) is 5.92 Å². The van der Waals surface area contributed by atoms with Gasteiger partial charge in [-0.15, -0.1) is 0 Å². The van der Waals surface area contributed by atoms with Crippen LogP contribution in [0.5, 0.6) is 11.5 Å². The number of carbonyl (C=O) groups is 1. The molecule has 4 heterocycles. The van der Waals surface area contributed by atoms with Crippen LogP contribution in [0.1, 0.15) is 37.0 Å². The largest absolute Gasteiger partial charge is 0.484 e. The van der Waals surface area contributed by atoms with Crippen molar-refractivity contribution < 1.29 is 18.7 Å². The van der Waals surface area contributed by atoms with E-state index in [0.29, 0.717) is 42.4 Å². The van der Waals surface area contributed by atoms with Crippen molar-refractivity contribution in [1.29, 1.82) is 0 Å². The van der Waals surface area contributed by atoms with Crippen LogP contribution in [0.4, 0.5) is 0 Å². The summed E-state index contributed by atoms with van der Waals surface area (Å²) in [6, 6.07) is 15.6. The molecule has 4 aromatic rings. The third kappa shape index (κ3) is 4.00. The van der Waals surface area contributed by atoms with E-state index in [1.54, 1.807) is 47.9 Å². The zero-order chi connectivity index (χ0) is 25.9. The first kappa shape index (κ1) is 24.0. The molecule has 188 valence electrons. The number of hydrogen-bond acceptors (Lipinski definition) is 7. The lowest BCUT2D eigenvalue weighted by Gasteiger charge is -2.45. The van der Waals surface area contributed by atoms with Crippen LogP contribution in [0.3, 0.4) is 0 Å². The molecule has 2 aliphatic heterocycles. The lowest BCUT2D eigenvalue weighted by atomic mass is 9.79. The molecule has 0 fully saturated rings. The lowest BCUT2D eigenvalue weighted by molar-refractivity contribution is -0.132. The molecule has 37 heavy (non-hydrogen) atoms. The van der Waals surface area contributed by atoms with E-state index in [-0.39, 0.29) is 17.9 Å². The Morgan fingerprint density at radius 3 is 2.81 bits per heavy atom. The predicted octanol–water partition coefficient (Wildman–Crippen LogP) is 4.75. The first-order chi connectivity index (χ1) is 17.7. The number of para-hydroxylation sites is 1. The Bertz CT molecular complexity index is 1740. The number of fused-ring (bicyclic) bond motifs is 6. The van der Waals surface area contributed by atoms with E-state index in [9.17, 15) is 9.59 Å². The zero-order valence-electron chi connectivity index (χ0n) is 19.7. The van der Waals surface area contributed by atoms with Crippen molar-refractivity contribution in [3.8, 4) is 11.5 Å². The van der Waals surface area contributed by atoms with Gasteiger partial charge in [-0.05, 0) is 44.2 Å². The van der Waals surface area contributed by atoms with E-state index >= 15 is 0 Å². The van der Waals surface area contributed by atoms with Gasteiger partial charge < -0.3 is 13.9 Å². The van der Waals surface area contributed by atoms with E-state index in [0.717, 1.165) is 5.56 Å². The average Bonchev–Trinajstić information content (AvgIpc) is 3.42. The smallest absolute Gasteiger partial charge is 0.271 e. The standard InChI is InChI=1S/C27H20Cl2N2O5S/c1-14(32)22-24-17-6-3-4-8-19(17)36-27(22,2)30-26-31(24)25(33)21(37-26)12-15-10-11-16(35-15)13-34-20-9-5-7-18(28)23(20)29/h3-12,22,24H,13H2,1-2H3/b21-12+/t22-,24+,27+/m0/s1. The minimum absolute atomic E-state index is 0.0875. The minimum Gasteiger partial charge on any atom is -0.484 e. The fourth-order valence-electron chi connectivity index (χ4n) is 4.98. The number of aromatic nitrogens is 1. The quantitative estimate of drug-likeness (QED) is 0.355. The number of Topliss-reactive ketones (excluding diaryl/α,β-unsaturated/α-hetero) is 1. The van der Waals surface area contributed by atoms with E-state index < -0.39 is 17.7 Å². The van der Waals surface area contributed by atoms with E-state index in [4.69, 9.17) is 42.1 Å². The summed E-state index contributed by atoms with van der Waals surface area (Å²) >= 11 is 13.5. The Kier molecular flexibility index (Phi) is 5.78. The van der Waals surface area contributed by atoms with E-state index in [1.807, 2.05) is 24.3 Å². The maximum absolute atomic E-state index is 13.6. The van der Waals surface area contributed by atoms with Gasteiger partial charge in [-0.1, -0.05) is 58.8 Å². The summed E-state index contributed by atoms with van der Waals surface area (Å²) in [4.78, 5) is 31.6. The normalized spacial score (nSPS) is 22.0. The van der Waals surface area contributed by atoms with Crippen molar-refractivity contribution in [3.05, 3.63) is 101 Å². The van der Waals surface area contributed by atoms with Crippen molar-refractivity contribution >= 4 is 46.4 Å². The number of rotatable bonds is 5.